The van der Waals surface area contributed by atoms with Crippen LogP contribution >= 0.6 is 11.6 Å². The number of halogens is 4. The summed E-state index contributed by atoms with van der Waals surface area (Å²) in [6.45, 7) is 2.25. The van der Waals surface area contributed by atoms with E-state index in [1.807, 2.05) is 31.2 Å². The molecule has 0 aliphatic carbocycles. The highest BCUT2D eigenvalue weighted by Gasteiger charge is 2.30. The molecule has 10 heteroatoms. The summed E-state index contributed by atoms with van der Waals surface area (Å²) in [6.07, 6.45) is -4.47. The van der Waals surface area contributed by atoms with Gasteiger partial charge in [0.15, 0.2) is 5.82 Å². The van der Waals surface area contributed by atoms with Crippen LogP contribution in [-0.4, -0.2) is 15.8 Å². The minimum Gasteiger partial charge on any atom is -0.382 e. The molecule has 0 aliphatic rings. The van der Waals surface area contributed by atoms with Crippen LogP contribution in [0.1, 0.15) is 16.7 Å². The molecule has 1 aromatic heterocycles. The number of nitrogens with zero attached hydrogens (tertiary/aromatic N) is 2. The Morgan fingerprint density at radius 2 is 1.74 bits per heavy atom. The number of nitrogen functional groups attached to an aromatic ring is 1. The topological polar surface area (TPSA) is 85.0 Å². The summed E-state index contributed by atoms with van der Waals surface area (Å²) in [4.78, 5) is 12.7. The van der Waals surface area contributed by atoms with E-state index >= 15 is 0 Å². The quantitative estimate of drug-likeness (QED) is 0.296. The highest BCUT2D eigenvalue weighted by Crippen LogP contribution is 2.35. The van der Waals surface area contributed by atoms with Gasteiger partial charge >= 0.3 is 12.2 Å². The van der Waals surface area contributed by atoms with Crippen LogP contribution in [0, 0.1) is 6.92 Å². The molecule has 0 saturated carbocycles. The Balaban J connectivity index is 1.66. The Hall–Kier alpha value is -3.98. The molecule has 4 rings (SSSR count). The van der Waals surface area contributed by atoms with Crippen LogP contribution in [0.3, 0.4) is 0 Å². The monoisotopic (exact) mass is 499 g/mol. The normalized spacial score (nSPS) is 11.3. The van der Waals surface area contributed by atoms with Gasteiger partial charge in [0, 0.05) is 17.1 Å². The number of amides is 2. The molecule has 4 N–H and O–H groups in total. The summed E-state index contributed by atoms with van der Waals surface area (Å²) < 4.78 is 40.2. The number of carbonyl (C=O) groups excluding carboxylic acids is 1. The van der Waals surface area contributed by atoms with Crippen molar-refractivity contribution in [1.82, 2.24) is 15.1 Å². The molecular weight excluding hydrogens is 479 g/mol. The van der Waals surface area contributed by atoms with E-state index in [0.717, 1.165) is 23.3 Å². The summed E-state index contributed by atoms with van der Waals surface area (Å²) in [7, 11) is 0. The predicted molar refractivity (Wildman–Crippen MR) is 130 cm³/mol. The van der Waals surface area contributed by atoms with Crippen LogP contribution in [0.2, 0.25) is 5.02 Å². The van der Waals surface area contributed by atoms with Crippen LogP contribution in [0.5, 0.6) is 0 Å². The Kier molecular flexibility index (Phi) is 6.70. The van der Waals surface area contributed by atoms with Crippen molar-refractivity contribution in [3.8, 4) is 16.9 Å². The van der Waals surface area contributed by atoms with E-state index in [1.54, 1.807) is 24.3 Å². The van der Waals surface area contributed by atoms with Gasteiger partial charge in [0.1, 0.15) is 11.4 Å². The van der Waals surface area contributed by atoms with Gasteiger partial charge < -0.3 is 16.4 Å². The number of aromatic nitrogens is 2. The van der Waals surface area contributed by atoms with Crippen molar-refractivity contribution in [2.45, 2.75) is 19.6 Å². The zero-order valence-corrected chi connectivity index (χ0v) is 19.3. The van der Waals surface area contributed by atoms with Crippen LogP contribution in [-0.2, 0) is 12.7 Å². The highest BCUT2D eigenvalue weighted by atomic mass is 35.5. The van der Waals surface area contributed by atoms with Gasteiger partial charge in [-0.15, -0.1) is 0 Å². The molecule has 0 bridgehead atoms. The van der Waals surface area contributed by atoms with E-state index in [1.165, 1.54) is 16.8 Å². The maximum Gasteiger partial charge on any atom is 0.416 e. The number of hydrogen-bond acceptors (Lipinski definition) is 3. The molecule has 35 heavy (non-hydrogen) atoms. The average Bonchev–Trinajstić information content (AvgIpc) is 3.14. The smallest absolute Gasteiger partial charge is 0.382 e. The number of anilines is 2. The molecule has 1 heterocycles. The maximum atomic E-state index is 13.0. The lowest BCUT2D eigenvalue weighted by Gasteiger charge is -2.10. The van der Waals surface area contributed by atoms with Crippen LogP contribution in [0.4, 0.5) is 29.5 Å². The standard InChI is InChI=1S/C25H21ClF3N5O/c1-15-3-2-4-16(13-15)14-31-24(35)32-22-21(17-5-9-19(26)10-6-17)33-34(23(22)30)20-11-7-18(8-12-20)25(27,28)29/h2-13H,14,30H2,1H3,(H2,31,32,35). The molecule has 3 aromatic carbocycles. The van der Waals surface area contributed by atoms with E-state index < -0.39 is 17.8 Å². The summed E-state index contributed by atoms with van der Waals surface area (Å²) in [5, 5.41) is 10.5. The molecule has 0 atom stereocenters. The average molecular weight is 500 g/mol. The molecule has 4 aromatic rings. The summed E-state index contributed by atoms with van der Waals surface area (Å²) in [5.41, 5.74) is 8.98. The van der Waals surface area contributed by atoms with Gasteiger partial charge in [-0.1, -0.05) is 53.6 Å². The first-order valence-electron chi connectivity index (χ1n) is 10.5. The number of hydrogen-bond donors (Lipinski definition) is 3. The molecule has 2 amide bonds. The minimum absolute atomic E-state index is 0.0559. The van der Waals surface area contributed by atoms with Crippen molar-refractivity contribution in [2.24, 2.45) is 0 Å². The molecule has 0 spiro atoms. The van der Waals surface area contributed by atoms with Crippen molar-refractivity contribution in [1.29, 1.82) is 0 Å². The first kappa shape index (κ1) is 24.2. The second kappa shape index (κ2) is 9.71. The van der Waals surface area contributed by atoms with E-state index in [2.05, 4.69) is 15.7 Å². The zero-order valence-electron chi connectivity index (χ0n) is 18.5. The Morgan fingerprint density at radius 1 is 1.06 bits per heavy atom. The third-order valence-corrected chi connectivity index (χ3v) is 5.50. The van der Waals surface area contributed by atoms with Gasteiger partial charge in [-0.3, -0.25) is 0 Å². The predicted octanol–water partition coefficient (Wildman–Crippen LogP) is 6.42. The third-order valence-electron chi connectivity index (χ3n) is 5.25. The van der Waals surface area contributed by atoms with Gasteiger partial charge in [-0.05, 0) is 48.9 Å². The number of aryl methyl sites for hydroxylation is 1. The SMILES string of the molecule is Cc1cccc(CNC(=O)Nc2c(-c3ccc(Cl)cc3)nn(-c3ccc(C(F)(F)F)cc3)c2N)c1. The molecule has 0 fully saturated rings. The van der Waals surface area contributed by atoms with Gasteiger partial charge in [0.25, 0.3) is 0 Å². The minimum atomic E-state index is -4.47. The fourth-order valence-corrected chi connectivity index (χ4v) is 3.64. The van der Waals surface area contributed by atoms with Gasteiger partial charge in [0.05, 0.1) is 11.3 Å². The van der Waals surface area contributed by atoms with Crippen molar-refractivity contribution < 1.29 is 18.0 Å². The number of alkyl halides is 3. The van der Waals surface area contributed by atoms with E-state index in [0.29, 0.717) is 22.0 Å². The van der Waals surface area contributed by atoms with Gasteiger partial charge in [0.2, 0.25) is 0 Å². The molecule has 0 unspecified atom stereocenters. The zero-order chi connectivity index (χ0) is 25.2. The summed E-state index contributed by atoms with van der Waals surface area (Å²) >= 11 is 6.00. The van der Waals surface area contributed by atoms with Crippen LogP contribution < -0.4 is 16.4 Å². The van der Waals surface area contributed by atoms with Crippen molar-refractivity contribution >= 4 is 29.1 Å². The Morgan fingerprint density at radius 3 is 2.37 bits per heavy atom. The fourth-order valence-electron chi connectivity index (χ4n) is 3.51. The van der Waals surface area contributed by atoms with Crippen molar-refractivity contribution in [3.63, 3.8) is 0 Å². The largest absolute Gasteiger partial charge is 0.416 e. The lowest BCUT2D eigenvalue weighted by Crippen LogP contribution is -2.28. The molecule has 180 valence electrons. The summed E-state index contributed by atoms with van der Waals surface area (Å²) in [5.74, 6) is 0.0559. The fraction of sp³-hybridized carbons (Fsp3) is 0.120. The summed E-state index contributed by atoms with van der Waals surface area (Å²) in [6, 6.07) is 18.3. The lowest BCUT2D eigenvalue weighted by atomic mass is 10.1. The maximum absolute atomic E-state index is 13.0. The first-order valence-corrected chi connectivity index (χ1v) is 10.9. The Labute approximate surface area is 204 Å². The van der Waals surface area contributed by atoms with Gasteiger partial charge in [-0.2, -0.15) is 18.3 Å². The molecule has 0 radical (unpaired) electrons. The number of carbonyl (C=O) groups is 1. The highest BCUT2D eigenvalue weighted by molar-refractivity contribution is 6.30. The number of benzene rings is 3. The second-order valence-electron chi connectivity index (χ2n) is 7.87. The van der Waals surface area contributed by atoms with E-state index in [-0.39, 0.29) is 18.1 Å². The van der Waals surface area contributed by atoms with E-state index in [9.17, 15) is 18.0 Å². The Bertz CT molecular complexity index is 1350. The molecular formula is C25H21ClF3N5O. The van der Waals surface area contributed by atoms with Crippen molar-refractivity contribution in [3.05, 3.63) is 94.5 Å². The second-order valence-corrected chi connectivity index (χ2v) is 8.31. The van der Waals surface area contributed by atoms with Crippen LogP contribution in [0.15, 0.2) is 72.8 Å². The number of nitrogens with two attached hydrogens (primary N) is 1. The first-order chi connectivity index (χ1) is 16.6. The van der Waals surface area contributed by atoms with Gasteiger partial charge in [-0.25, -0.2) is 9.48 Å². The van der Waals surface area contributed by atoms with E-state index in [4.69, 9.17) is 17.3 Å². The molecule has 0 aliphatic heterocycles. The molecule has 0 saturated heterocycles. The van der Waals surface area contributed by atoms with Crippen molar-refractivity contribution in [2.75, 3.05) is 11.1 Å². The molecule has 6 nitrogen and oxygen atoms in total. The number of urea groups is 1. The third kappa shape index (κ3) is 5.58. The number of rotatable bonds is 5. The number of nitrogens with one attached hydrogen (secondary N) is 2. The van der Waals surface area contributed by atoms with Crippen LogP contribution in [0.25, 0.3) is 16.9 Å². The lowest BCUT2D eigenvalue weighted by molar-refractivity contribution is -0.137.